The highest BCUT2D eigenvalue weighted by atomic mass is 32.2. The summed E-state index contributed by atoms with van der Waals surface area (Å²) in [4.78, 5) is 15.8. The number of hydrogen-bond acceptors (Lipinski definition) is 12. The second kappa shape index (κ2) is 18.2. The lowest BCUT2D eigenvalue weighted by molar-refractivity contribution is -0.361. The molecule has 11 rings (SSSR count). The van der Waals surface area contributed by atoms with Crippen molar-refractivity contribution < 1.29 is 61.5 Å². The van der Waals surface area contributed by atoms with Crippen LogP contribution < -0.4 is 22.9 Å². The highest BCUT2D eigenvalue weighted by Gasteiger charge is 2.76. The van der Waals surface area contributed by atoms with Gasteiger partial charge in [0.25, 0.3) is 0 Å². The van der Waals surface area contributed by atoms with Crippen LogP contribution in [0.1, 0.15) is 11.6 Å². The molecular formula is C52H28F14N8S4. The molecule has 0 aliphatic heterocycles. The topological polar surface area (TPSA) is 156 Å². The van der Waals surface area contributed by atoms with Gasteiger partial charge in [-0.25, -0.2) is 19.9 Å². The smallest absolute Gasteiger partial charge is 0.398 e. The third-order valence-electron chi connectivity index (χ3n) is 12.6. The lowest BCUT2D eigenvalue weighted by atomic mass is 9.88. The Hall–Kier alpha value is -7.16. The SMILES string of the molecule is Nc1ccccc1Sc1cc2c3cc(Sc4ccccc4N)c4nc(C(F)(F)C(F)(F)C(F)(F)F)nc5c(Sc6ccccc6N)cc(c6cc(Sc7ccccc7N)c7nc(C(F)(F)C(F)(F)C(F)(F)F)nc1c7c26)c3c45. The maximum atomic E-state index is 16.2. The molecule has 8 N–H and O–H groups in total. The summed E-state index contributed by atoms with van der Waals surface area (Å²) in [6.07, 6.45) is -13.6. The Morgan fingerprint density at radius 1 is 0.295 bits per heavy atom. The van der Waals surface area contributed by atoms with E-state index in [4.69, 9.17) is 22.9 Å². The monoisotopic (exact) mass is 1160 g/mol. The van der Waals surface area contributed by atoms with Crippen LogP contribution in [0.2, 0.25) is 0 Å². The minimum absolute atomic E-state index is 0.0856. The molecular weight excluding hydrogens is 1130 g/mol. The van der Waals surface area contributed by atoms with Crippen LogP contribution in [-0.4, -0.2) is 44.1 Å². The molecule has 2 aromatic heterocycles. The predicted octanol–water partition coefficient (Wildman–Crippen LogP) is 16.6. The van der Waals surface area contributed by atoms with E-state index in [1.165, 1.54) is 72.8 Å². The number of anilines is 4. The molecule has 0 aliphatic rings. The fourth-order valence-electron chi connectivity index (χ4n) is 8.87. The van der Waals surface area contributed by atoms with Crippen LogP contribution >= 0.6 is 47.0 Å². The fourth-order valence-corrected chi connectivity index (χ4v) is 12.8. The maximum Gasteiger partial charge on any atom is 0.460 e. The quantitative estimate of drug-likeness (QED) is 0.0398. The molecule has 0 aliphatic carbocycles. The van der Waals surface area contributed by atoms with Crippen molar-refractivity contribution >= 4 is 135 Å². The Kier molecular flexibility index (Phi) is 12.3. The minimum atomic E-state index is -6.81. The highest BCUT2D eigenvalue weighted by molar-refractivity contribution is 8.00. The Labute approximate surface area is 445 Å². The van der Waals surface area contributed by atoms with Crippen LogP contribution in [0.15, 0.2) is 160 Å². The summed E-state index contributed by atoms with van der Waals surface area (Å²) in [5.41, 5.74) is 23.7. The number of nitrogens with two attached hydrogens (primary N) is 4. The molecule has 0 amide bonds. The standard InChI is InChI=1S/C52H28F14N8S4/c53-47(54,49(57,58)51(61,62)63)45-71-41-33(75-29-13-5-1-9-25(29)67)17-21-22-18-35(77-31-15-7-3-11-27(31)69)43-40-38(22)24(23-19-34(42(72-45)39(41)37(21)23)76-30-14-6-2-10-26(30)68)20-36(78-32-16-8-4-12-28(32)70)44(40)74-46(73-43)48(55,56)50(59,60)52(64,65)66/h1-20H,67-70H2. The van der Waals surface area contributed by atoms with Gasteiger partial charge in [-0.05, 0) is 94.3 Å². The summed E-state index contributed by atoms with van der Waals surface area (Å²) in [6, 6.07) is 29.7. The van der Waals surface area contributed by atoms with Crippen molar-refractivity contribution in [3.63, 3.8) is 0 Å². The van der Waals surface area contributed by atoms with Gasteiger partial charge in [0.05, 0.1) is 22.1 Å². The van der Waals surface area contributed by atoms with Crippen molar-refractivity contribution in [1.82, 2.24) is 19.9 Å². The normalized spacial score (nSPS) is 13.4. The maximum absolute atomic E-state index is 16.2. The molecule has 0 unspecified atom stereocenters. The predicted molar refractivity (Wildman–Crippen MR) is 275 cm³/mol. The number of benzene rings is 9. The van der Waals surface area contributed by atoms with E-state index >= 15 is 35.1 Å². The average molecular weight is 1160 g/mol. The number of alkyl halides is 14. The van der Waals surface area contributed by atoms with Crippen LogP contribution in [0, 0.1) is 0 Å². The number of nitrogen functional groups attached to an aromatic ring is 4. The molecule has 0 fully saturated rings. The third-order valence-corrected chi connectivity index (χ3v) is 17.1. The van der Waals surface area contributed by atoms with Crippen LogP contribution in [0.3, 0.4) is 0 Å². The molecule has 398 valence electrons. The molecule has 26 heteroatoms. The van der Waals surface area contributed by atoms with Crippen molar-refractivity contribution in [2.45, 2.75) is 75.2 Å². The van der Waals surface area contributed by atoms with Gasteiger partial charge >= 0.3 is 36.0 Å². The van der Waals surface area contributed by atoms with E-state index in [2.05, 4.69) is 19.9 Å². The van der Waals surface area contributed by atoms with Crippen molar-refractivity contribution in [1.29, 1.82) is 0 Å². The number of nitrogens with zero attached hydrogens (tertiary/aromatic N) is 4. The average Bonchev–Trinajstić information content (AvgIpc) is 2.25. The molecule has 0 saturated heterocycles. The number of rotatable bonds is 12. The molecule has 78 heavy (non-hydrogen) atoms. The van der Waals surface area contributed by atoms with Crippen molar-refractivity contribution in [2.75, 3.05) is 22.9 Å². The first-order chi connectivity index (χ1) is 36.6. The minimum Gasteiger partial charge on any atom is -0.398 e. The van der Waals surface area contributed by atoms with Crippen molar-refractivity contribution in [3.05, 3.63) is 133 Å². The number of hydrogen-bond donors (Lipinski definition) is 4. The summed E-state index contributed by atoms with van der Waals surface area (Å²) < 4.78 is 209. The Bertz CT molecular complexity index is 3750. The molecule has 0 bridgehead atoms. The van der Waals surface area contributed by atoms with Crippen molar-refractivity contribution in [2.24, 2.45) is 0 Å². The van der Waals surface area contributed by atoms with Crippen LogP contribution in [0.5, 0.6) is 0 Å². The van der Waals surface area contributed by atoms with E-state index in [-0.39, 0.29) is 105 Å². The molecule has 9 aromatic carbocycles. The molecule has 0 saturated carbocycles. The second-order valence-corrected chi connectivity index (χ2v) is 21.9. The first-order valence-corrected chi connectivity index (χ1v) is 25.6. The van der Waals surface area contributed by atoms with E-state index in [0.29, 0.717) is 0 Å². The van der Waals surface area contributed by atoms with E-state index in [0.717, 1.165) is 47.0 Å². The van der Waals surface area contributed by atoms with Crippen molar-refractivity contribution in [3.8, 4) is 0 Å². The van der Waals surface area contributed by atoms with Crippen LogP contribution in [-0.2, 0) is 11.8 Å². The largest absolute Gasteiger partial charge is 0.460 e. The first kappa shape index (κ1) is 52.9. The fraction of sp³-hybridized carbons (Fsp3) is 0.115. The molecule has 11 aromatic rings. The Balaban J connectivity index is 1.38. The third kappa shape index (κ3) is 8.18. The Morgan fingerprint density at radius 2 is 0.513 bits per heavy atom. The highest BCUT2D eigenvalue weighted by Crippen LogP contribution is 2.58. The lowest BCUT2D eigenvalue weighted by Crippen LogP contribution is -2.50. The first-order valence-electron chi connectivity index (χ1n) is 22.3. The van der Waals surface area contributed by atoms with E-state index < -0.39 is 69.8 Å². The molecule has 8 nitrogen and oxygen atoms in total. The molecule has 0 atom stereocenters. The van der Waals surface area contributed by atoms with Gasteiger partial charge in [-0.15, -0.1) is 0 Å². The summed E-state index contributed by atoms with van der Waals surface area (Å²) in [7, 11) is 0. The van der Waals surface area contributed by atoms with Gasteiger partial charge in [-0.3, -0.25) is 0 Å². The van der Waals surface area contributed by atoms with Gasteiger partial charge in [-0.1, -0.05) is 95.6 Å². The number of fused-ring (bicyclic) bond motifs is 2. The van der Waals surface area contributed by atoms with Gasteiger partial charge in [0, 0.05) is 83.5 Å². The zero-order valence-corrected chi connectivity index (χ0v) is 41.8. The van der Waals surface area contributed by atoms with Gasteiger partial charge < -0.3 is 22.9 Å². The zero-order valence-electron chi connectivity index (χ0n) is 38.6. The summed E-state index contributed by atoms with van der Waals surface area (Å²) >= 11 is 3.02. The van der Waals surface area contributed by atoms with Gasteiger partial charge in [0.15, 0.2) is 0 Å². The number of halogens is 14. The zero-order chi connectivity index (χ0) is 55.8. The van der Waals surface area contributed by atoms with Crippen LogP contribution in [0.4, 0.5) is 84.2 Å². The molecule has 0 radical (unpaired) electrons. The van der Waals surface area contributed by atoms with Gasteiger partial charge in [0.2, 0.25) is 11.6 Å². The van der Waals surface area contributed by atoms with E-state index in [9.17, 15) is 26.3 Å². The van der Waals surface area contributed by atoms with Gasteiger partial charge in [0.1, 0.15) is 0 Å². The summed E-state index contributed by atoms with van der Waals surface area (Å²) in [5, 5.41) is 0.424. The molecule has 2 heterocycles. The van der Waals surface area contributed by atoms with E-state index in [1.807, 2.05) is 0 Å². The van der Waals surface area contributed by atoms with Gasteiger partial charge in [-0.2, -0.15) is 61.5 Å². The Morgan fingerprint density at radius 3 is 0.718 bits per heavy atom. The second-order valence-electron chi connectivity index (χ2n) is 17.5. The lowest BCUT2D eigenvalue weighted by Gasteiger charge is -2.28. The number of aromatic nitrogens is 4. The number of para-hydroxylation sites is 4. The molecule has 0 spiro atoms. The summed E-state index contributed by atoms with van der Waals surface area (Å²) in [5.74, 6) is -30.1. The van der Waals surface area contributed by atoms with E-state index in [1.54, 1.807) is 48.5 Å². The summed E-state index contributed by atoms with van der Waals surface area (Å²) in [6.45, 7) is 0. The van der Waals surface area contributed by atoms with Crippen LogP contribution in [0.25, 0.3) is 65.2 Å².